The van der Waals surface area contributed by atoms with Crippen LogP contribution in [-0.2, 0) is 6.42 Å². The van der Waals surface area contributed by atoms with Gasteiger partial charge in [-0.15, -0.1) is 0 Å². The topological polar surface area (TPSA) is 9.23 Å². The average molecular weight is 384 g/mol. The summed E-state index contributed by atoms with van der Waals surface area (Å²) < 4.78 is 20.0. The minimum atomic E-state index is -0.220. The normalized spacial score (nSPS) is 11.0. The molecule has 4 aromatic rings. The molecule has 0 saturated heterocycles. The van der Waals surface area contributed by atoms with E-state index in [2.05, 4.69) is 43.3 Å². The molecule has 29 heavy (non-hydrogen) atoms. The minimum absolute atomic E-state index is 0.220. The number of halogens is 1. The van der Waals surface area contributed by atoms with E-state index in [4.69, 9.17) is 4.74 Å². The Balaban J connectivity index is 1.63. The Morgan fingerprint density at radius 2 is 1.38 bits per heavy atom. The lowest BCUT2D eigenvalue weighted by Gasteiger charge is -2.09. The van der Waals surface area contributed by atoms with Crippen LogP contribution in [0.1, 0.15) is 25.3 Å². The standard InChI is InChI=1S/C27H25FO/c1-3-4-5-19-6-7-22-17-23(9-8-21(22)16-19)24-12-15-26(27(28)18-24)20-10-13-25(29-2)14-11-20/h6-18H,3-5H2,1-2H3. The van der Waals surface area contributed by atoms with Crippen LogP contribution in [0.5, 0.6) is 5.75 Å². The number of aryl methyl sites for hydroxylation is 1. The number of fused-ring (bicyclic) bond motifs is 1. The van der Waals surface area contributed by atoms with E-state index in [0.29, 0.717) is 5.56 Å². The Labute approximate surface area is 171 Å². The summed E-state index contributed by atoms with van der Waals surface area (Å²) in [6.07, 6.45) is 3.53. The molecule has 1 nitrogen and oxygen atoms in total. The molecular weight excluding hydrogens is 359 g/mol. The van der Waals surface area contributed by atoms with E-state index < -0.39 is 0 Å². The second kappa shape index (κ2) is 8.48. The Morgan fingerprint density at radius 3 is 2.10 bits per heavy atom. The molecule has 4 aromatic carbocycles. The summed E-state index contributed by atoms with van der Waals surface area (Å²) in [6.45, 7) is 2.21. The van der Waals surface area contributed by atoms with Gasteiger partial charge in [0.05, 0.1) is 7.11 Å². The maximum Gasteiger partial charge on any atom is 0.131 e. The van der Waals surface area contributed by atoms with Crippen LogP contribution in [0.25, 0.3) is 33.0 Å². The molecule has 0 unspecified atom stereocenters. The summed E-state index contributed by atoms with van der Waals surface area (Å²) in [5.74, 6) is 0.544. The molecule has 0 spiro atoms. The Morgan fingerprint density at radius 1 is 0.724 bits per heavy atom. The number of benzene rings is 4. The molecule has 0 aliphatic carbocycles. The molecule has 146 valence electrons. The highest BCUT2D eigenvalue weighted by Gasteiger charge is 2.09. The SMILES string of the molecule is CCCCc1ccc2cc(-c3ccc(-c4ccc(OC)cc4)c(F)c3)ccc2c1. The molecule has 0 aliphatic rings. The third kappa shape index (κ3) is 4.17. The van der Waals surface area contributed by atoms with Gasteiger partial charge in [-0.3, -0.25) is 0 Å². The lowest BCUT2D eigenvalue weighted by molar-refractivity contribution is 0.415. The predicted molar refractivity (Wildman–Crippen MR) is 120 cm³/mol. The third-order valence-electron chi connectivity index (χ3n) is 5.43. The van der Waals surface area contributed by atoms with Gasteiger partial charge >= 0.3 is 0 Å². The lowest BCUT2D eigenvalue weighted by Crippen LogP contribution is -1.88. The smallest absolute Gasteiger partial charge is 0.131 e. The zero-order chi connectivity index (χ0) is 20.2. The molecule has 0 amide bonds. The van der Waals surface area contributed by atoms with Gasteiger partial charge in [0, 0.05) is 5.56 Å². The molecule has 0 bridgehead atoms. The van der Waals surface area contributed by atoms with Gasteiger partial charge in [0.2, 0.25) is 0 Å². The van der Waals surface area contributed by atoms with Crippen LogP contribution in [-0.4, -0.2) is 7.11 Å². The highest BCUT2D eigenvalue weighted by Crippen LogP contribution is 2.31. The van der Waals surface area contributed by atoms with Gasteiger partial charge in [0.1, 0.15) is 11.6 Å². The van der Waals surface area contributed by atoms with E-state index in [-0.39, 0.29) is 5.82 Å². The molecule has 0 atom stereocenters. The number of methoxy groups -OCH3 is 1. The van der Waals surface area contributed by atoms with Gasteiger partial charge in [0.15, 0.2) is 0 Å². The number of unbranched alkanes of at least 4 members (excludes halogenated alkanes) is 1. The van der Waals surface area contributed by atoms with Crippen LogP contribution >= 0.6 is 0 Å². The Bertz CT molecular complexity index is 1130. The summed E-state index contributed by atoms with van der Waals surface area (Å²) in [6, 6.07) is 25.9. The first-order chi connectivity index (χ1) is 14.2. The molecule has 0 radical (unpaired) electrons. The quantitative estimate of drug-likeness (QED) is 0.331. The molecule has 0 aliphatic heterocycles. The Hall–Kier alpha value is -3.13. The van der Waals surface area contributed by atoms with Crippen molar-refractivity contribution in [2.75, 3.05) is 7.11 Å². The zero-order valence-electron chi connectivity index (χ0n) is 16.9. The van der Waals surface area contributed by atoms with Crippen molar-refractivity contribution in [3.05, 3.63) is 90.2 Å². The van der Waals surface area contributed by atoms with Crippen molar-refractivity contribution in [2.45, 2.75) is 26.2 Å². The maximum atomic E-state index is 14.9. The largest absolute Gasteiger partial charge is 0.497 e. The monoisotopic (exact) mass is 384 g/mol. The van der Waals surface area contributed by atoms with Crippen LogP contribution in [0.2, 0.25) is 0 Å². The fourth-order valence-corrected chi connectivity index (χ4v) is 3.71. The van der Waals surface area contributed by atoms with Crippen molar-refractivity contribution >= 4 is 10.8 Å². The predicted octanol–water partition coefficient (Wildman–Crippen LogP) is 7.66. The number of hydrogen-bond acceptors (Lipinski definition) is 1. The van der Waals surface area contributed by atoms with Crippen LogP contribution < -0.4 is 4.74 Å². The molecule has 0 saturated carbocycles. The van der Waals surface area contributed by atoms with Crippen molar-refractivity contribution in [3.63, 3.8) is 0 Å². The molecule has 0 N–H and O–H groups in total. The zero-order valence-corrected chi connectivity index (χ0v) is 16.9. The van der Waals surface area contributed by atoms with Gasteiger partial charge in [-0.1, -0.05) is 67.9 Å². The summed E-state index contributed by atoms with van der Waals surface area (Å²) in [5.41, 5.74) is 4.73. The molecular formula is C27H25FO. The molecule has 0 heterocycles. The van der Waals surface area contributed by atoms with Gasteiger partial charge < -0.3 is 4.74 Å². The van der Waals surface area contributed by atoms with Crippen molar-refractivity contribution in [3.8, 4) is 28.0 Å². The fourth-order valence-electron chi connectivity index (χ4n) is 3.71. The van der Waals surface area contributed by atoms with E-state index in [9.17, 15) is 4.39 Å². The highest BCUT2D eigenvalue weighted by molar-refractivity contribution is 5.88. The summed E-state index contributed by atoms with van der Waals surface area (Å²) in [5, 5.41) is 2.42. The first-order valence-electron chi connectivity index (χ1n) is 10.1. The van der Waals surface area contributed by atoms with E-state index >= 15 is 0 Å². The van der Waals surface area contributed by atoms with Crippen molar-refractivity contribution in [1.82, 2.24) is 0 Å². The number of ether oxygens (including phenoxy) is 1. The summed E-state index contributed by atoms with van der Waals surface area (Å²) in [7, 11) is 1.62. The van der Waals surface area contributed by atoms with Crippen molar-refractivity contribution in [2.24, 2.45) is 0 Å². The molecule has 0 fully saturated rings. The van der Waals surface area contributed by atoms with E-state index in [1.165, 1.54) is 29.2 Å². The van der Waals surface area contributed by atoms with E-state index in [1.54, 1.807) is 13.2 Å². The van der Waals surface area contributed by atoms with Crippen LogP contribution in [0.15, 0.2) is 78.9 Å². The Kier molecular flexibility index (Phi) is 5.62. The minimum Gasteiger partial charge on any atom is -0.497 e. The molecule has 4 rings (SSSR count). The van der Waals surface area contributed by atoms with Gasteiger partial charge in [-0.05, 0) is 70.1 Å². The molecule has 0 aromatic heterocycles. The number of hydrogen-bond donors (Lipinski definition) is 0. The van der Waals surface area contributed by atoms with E-state index in [0.717, 1.165) is 28.9 Å². The third-order valence-corrected chi connectivity index (χ3v) is 5.43. The van der Waals surface area contributed by atoms with Crippen LogP contribution in [0, 0.1) is 5.82 Å². The first kappa shape index (κ1) is 19.2. The van der Waals surface area contributed by atoms with Gasteiger partial charge in [0.25, 0.3) is 0 Å². The summed E-state index contributed by atoms with van der Waals surface area (Å²) >= 11 is 0. The van der Waals surface area contributed by atoms with Crippen LogP contribution in [0.4, 0.5) is 4.39 Å². The highest BCUT2D eigenvalue weighted by atomic mass is 19.1. The first-order valence-corrected chi connectivity index (χ1v) is 10.1. The van der Waals surface area contributed by atoms with Crippen LogP contribution in [0.3, 0.4) is 0 Å². The fraction of sp³-hybridized carbons (Fsp3) is 0.185. The van der Waals surface area contributed by atoms with Crippen molar-refractivity contribution in [1.29, 1.82) is 0 Å². The lowest BCUT2D eigenvalue weighted by atomic mass is 9.96. The van der Waals surface area contributed by atoms with Gasteiger partial charge in [-0.2, -0.15) is 0 Å². The van der Waals surface area contributed by atoms with E-state index in [1.807, 2.05) is 36.4 Å². The molecule has 2 heteroatoms. The second-order valence-electron chi connectivity index (χ2n) is 7.42. The second-order valence-corrected chi connectivity index (χ2v) is 7.42. The van der Waals surface area contributed by atoms with Gasteiger partial charge in [-0.25, -0.2) is 4.39 Å². The average Bonchev–Trinajstić information content (AvgIpc) is 2.77. The summed E-state index contributed by atoms with van der Waals surface area (Å²) in [4.78, 5) is 0. The maximum absolute atomic E-state index is 14.9. The number of rotatable bonds is 6. The van der Waals surface area contributed by atoms with Crippen molar-refractivity contribution < 1.29 is 9.13 Å².